The number of anilines is 2. The molecule has 0 unspecified atom stereocenters. The standard InChI is InChI=1S/C14H16BrN3O3S/c1-14(2,3)21-13(19)18(12-16-11(15)17-22-12)9-5-7-10(20-4)8-6-9/h5-8H,1-4H3. The molecule has 0 fully saturated rings. The van der Waals surface area contributed by atoms with Gasteiger partial charge in [-0.05, 0) is 61.0 Å². The van der Waals surface area contributed by atoms with Gasteiger partial charge in [0.25, 0.3) is 0 Å². The highest BCUT2D eigenvalue weighted by Crippen LogP contribution is 2.31. The monoisotopic (exact) mass is 385 g/mol. The summed E-state index contributed by atoms with van der Waals surface area (Å²) in [5.74, 6) is 0.700. The summed E-state index contributed by atoms with van der Waals surface area (Å²) in [6.45, 7) is 5.44. The molecule has 0 N–H and O–H groups in total. The number of ether oxygens (including phenoxy) is 2. The predicted octanol–water partition coefficient (Wildman–Crippen LogP) is 4.38. The first kappa shape index (κ1) is 16.7. The van der Waals surface area contributed by atoms with Crippen molar-refractivity contribution in [2.75, 3.05) is 12.0 Å². The lowest BCUT2D eigenvalue weighted by Gasteiger charge is -2.25. The van der Waals surface area contributed by atoms with Crippen molar-refractivity contribution in [2.45, 2.75) is 26.4 Å². The maximum absolute atomic E-state index is 12.5. The van der Waals surface area contributed by atoms with E-state index in [1.54, 1.807) is 31.4 Å². The van der Waals surface area contributed by atoms with E-state index >= 15 is 0 Å². The van der Waals surface area contributed by atoms with E-state index in [1.165, 1.54) is 4.90 Å². The number of halogens is 1. The summed E-state index contributed by atoms with van der Waals surface area (Å²) < 4.78 is 15.1. The molecule has 6 nitrogen and oxygen atoms in total. The van der Waals surface area contributed by atoms with Crippen molar-refractivity contribution in [3.05, 3.63) is 29.0 Å². The van der Waals surface area contributed by atoms with Crippen LogP contribution in [-0.2, 0) is 4.74 Å². The highest BCUT2D eigenvalue weighted by atomic mass is 79.9. The summed E-state index contributed by atoms with van der Waals surface area (Å²) in [5, 5.41) is 0.422. The van der Waals surface area contributed by atoms with Gasteiger partial charge in [0.2, 0.25) is 9.87 Å². The van der Waals surface area contributed by atoms with E-state index in [9.17, 15) is 4.79 Å². The van der Waals surface area contributed by atoms with E-state index < -0.39 is 11.7 Å². The molecule has 0 aliphatic carbocycles. The second kappa shape index (κ2) is 6.62. The molecule has 1 heterocycles. The number of hydrogen-bond donors (Lipinski definition) is 0. The number of carbonyl (C=O) groups is 1. The summed E-state index contributed by atoms with van der Waals surface area (Å²) in [5.41, 5.74) is 0.0164. The predicted molar refractivity (Wildman–Crippen MR) is 89.0 cm³/mol. The molecule has 2 rings (SSSR count). The fraction of sp³-hybridized carbons (Fsp3) is 0.357. The van der Waals surface area contributed by atoms with Gasteiger partial charge in [-0.3, -0.25) is 0 Å². The molecule has 0 aliphatic heterocycles. The largest absolute Gasteiger partial charge is 0.497 e. The van der Waals surface area contributed by atoms with Gasteiger partial charge in [0.1, 0.15) is 11.4 Å². The molecule has 8 heteroatoms. The Morgan fingerprint density at radius 3 is 2.36 bits per heavy atom. The zero-order chi connectivity index (χ0) is 16.3. The first-order valence-electron chi connectivity index (χ1n) is 6.46. The Kier molecular flexibility index (Phi) is 5.02. The van der Waals surface area contributed by atoms with Crippen molar-refractivity contribution in [2.24, 2.45) is 0 Å². The minimum absolute atomic E-state index is 0.422. The summed E-state index contributed by atoms with van der Waals surface area (Å²) in [6.07, 6.45) is -0.513. The molecule has 118 valence electrons. The van der Waals surface area contributed by atoms with Crippen LogP contribution in [-0.4, -0.2) is 28.2 Å². The second-order valence-electron chi connectivity index (χ2n) is 5.36. The van der Waals surface area contributed by atoms with Gasteiger partial charge in [-0.25, -0.2) is 9.69 Å². The normalized spacial score (nSPS) is 11.1. The third-order valence-corrected chi connectivity index (χ3v) is 3.78. The minimum atomic E-state index is -0.607. The Morgan fingerprint density at radius 2 is 1.91 bits per heavy atom. The molecular formula is C14H16BrN3O3S. The number of hydrogen-bond acceptors (Lipinski definition) is 6. The maximum atomic E-state index is 12.5. The highest BCUT2D eigenvalue weighted by molar-refractivity contribution is 9.10. The van der Waals surface area contributed by atoms with Gasteiger partial charge in [0.15, 0.2) is 0 Å². The summed E-state index contributed by atoms with van der Waals surface area (Å²) in [4.78, 5) is 18.1. The van der Waals surface area contributed by atoms with E-state index in [2.05, 4.69) is 25.3 Å². The van der Waals surface area contributed by atoms with Crippen LogP contribution >= 0.6 is 27.5 Å². The van der Waals surface area contributed by atoms with Crippen LogP contribution in [0.2, 0.25) is 0 Å². The molecule has 0 aliphatic rings. The van der Waals surface area contributed by atoms with Gasteiger partial charge in [0.05, 0.1) is 12.8 Å². The lowest BCUT2D eigenvalue weighted by molar-refractivity contribution is 0.0599. The number of nitrogens with zero attached hydrogens (tertiary/aromatic N) is 3. The number of methoxy groups -OCH3 is 1. The van der Waals surface area contributed by atoms with E-state index in [-0.39, 0.29) is 0 Å². The van der Waals surface area contributed by atoms with Crippen molar-refractivity contribution in [1.29, 1.82) is 0 Å². The summed E-state index contributed by atoms with van der Waals surface area (Å²) >= 11 is 4.30. The highest BCUT2D eigenvalue weighted by Gasteiger charge is 2.27. The second-order valence-corrected chi connectivity index (χ2v) is 6.80. The molecule has 1 aromatic carbocycles. The van der Waals surface area contributed by atoms with E-state index in [1.807, 2.05) is 20.8 Å². The minimum Gasteiger partial charge on any atom is -0.497 e. The van der Waals surface area contributed by atoms with Gasteiger partial charge < -0.3 is 9.47 Å². The Hall–Kier alpha value is -1.67. The van der Waals surface area contributed by atoms with Crippen molar-refractivity contribution in [3.63, 3.8) is 0 Å². The SMILES string of the molecule is COc1ccc(N(C(=O)OC(C)(C)C)c2nc(Br)ns2)cc1. The van der Waals surface area contributed by atoms with Crippen LogP contribution < -0.4 is 9.64 Å². The quantitative estimate of drug-likeness (QED) is 0.783. The Balaban J connectivity index is 2.38. The third-order valence-electron chi connectivity index (χ3n) is 2.49. The van der Waals surface area contributed by atoms with Crippen LogP contribution in [0, 0.1) is 0 Å². The molecule has 0 spiro atoms. The lowest BCUT2D eigenvalue weighted by atomic mass is 10.2. The van der Waals surface area contributed by atoms with Crippen LogP contribution in [0.1, 0.15) is 20.8 Å². The Morgan fingerprint density at radius 1 is 1.27 bits per heavy atom. The number of rotatable bonds is 3. The molecule has 0 bridgehead atoms. The molecule has 2 aromatic rings. The van der Waals surface area contributed by atoms with Crippen molar-refractivity contribution >= 4 is 44.4 Å². The maximum Gasteiger partial charge on any atom is 0.421 e. The third kappa shape index (κ3) is 4.17. The number of carbonyl (C=O) groups excluding carboxylic acids is 1. The number of amides is 1. The molecular weight excluding hydrogens is 370 g/mol. The fourth-order valence-corrected chi connectivity index (χ4v) is 2.71. The zero-order valence-electron chi connectivity index (χ0n) is 12.7. The smallest absolute Gasteiger partial charge is 0.421 e. The average molecular weight is 386 g/mol. The molecule has 0 saturated heterocycles. The van der Waals surface area contributed by atoms with Gasteiger partial charge in [-0.15, -0.1) is 0 Å². The molecule has 22 heavy (non-hydrogen) atoms. The van der Waals surface area contributed by atoms with E-state index in [0.29, 0.717) is 21.3 Å². The molecule has 0 radical (unpaired) electrons. The molecule has 0 saturated carbocycles. The molecule has 1 amide bonds. The van der Waals surface area contributed by atoms with Gasteiger partial charge in [-0.1, -0.05) is 0 Å². The first-order chi connectivity index (χ1) is 10.3. The van der Waals surface area contributed by atoms with Crippen LogP contribution in [0.25, 0.3) is 0 Å². The van der Waals surface area contributed by atoms with Crippen LogP contribution in [0.15, 0.2) is 29.0 Å². The first-order valence-corrected chi connectivity index (χ1v) is 8.03. The van der Waals surface area contributed by atoms with Crippen LogP contribution in [0.4, 0.5) is 15.6 Å². The average Bonchev–Trinajstić information content (AvgIpc) is 2.84. The van der Waals surface area contributed by atoms with Gasteiger partial charge in [-0.2, -0.15) is 9.36 Å². The van der Waals surface area contributed by atoms with Crippen molar-refractivity contribution in [3.8, 4) is 5.75 Å². The summed E-state index contributed by atoms with van der Waals surface area (Å²) in [6, 6.07) is 7.06. The molecule has 1 aromatic heterocycles. The lowest BCUT2D eigenvalue weighted by Crippen LogP contribution is -2.33. The fourth-order valence-electron chi connectivity index (χ4n) is 1.62. The zero-order valence-corrected chi connectivity index (χ0v) is 15.1. The Labute approximate surface area is 141 Å². The van der Waals surface area contributed by atoms with Crippen molar-refractivity contribution < 1.29 is 14.3 Å². The number of benzene rings is 1. The van der Waals surface area contributed by atoms with Gasteiger partial charge in [0, 0.05) is 11.5 Å². The van der Waals surface area contributed by atoms with Crippen LogP contribution in [0.5, 0.6) is 5.75 Å². The summed E-state index contributed by atoms with van der Waals surface area (Å²) in [7, 11) is 1.59. The Bertz CT molecular complexity index is 652. The van der Waals surface area contributed by atoms with Gasteiger partial charge >= 0.3 is 6.09 Å². The topological polar surface area (TPSA) is 64.5 Å². The van der Waals surface area contributed by atoms with E-state index in [0.717, 1.165) is 11.5 Å². The van der Waals surface area contributed by atoms with Crippen molar-refractivity contribution in [1.82, 2.24) is 9.36 Å². The number of aromatic nitrogens is 2. The van der Waals surface area contributed by atoms with E-state index in [4.69, 9.17) is 9.47 Å². The molecule has 0 atom stereocenters. The van der Waals surface area contributed by atoms with Crippen LogP contribution in [0.3, 0.4) is 0 Å².